The van der Waals surface area contributed by atoms with Gasteiger partial charge in [0.05, 0.1) is 0 Å². The second kappa shape index (κ2) is 19.4. The smallest absolute Gasteiger partial charge is 0 e. The van der Waals surface area contributed by atoms with Gasteiger partial charge in [-0.25, -0.2) is 0 Å². The van der Waals surface area contributed by atoms with E-state index in [0.717, 1.165) is 6.42 Å². The van der Waals surface area contributed by atoms with Gasteiger partial charge in [0, 0.05) is 21.1 Å². The molecule has 0 bridgehead atoms. The Kier molecular flexibility index (Phi) is 17.9. The summed E-state index contributed by atoms with van der Waals surface area (Å²) in [5.41, 5.74) is 0. The van der Waals surface area contributed by atoms with Crippen molar-refractivity contribution in [3.8, 4) is 0 Å². The molecule has 0 aromatic heterocycles. The third-order valence-corrected chi connectivity index (χ3v) is 6.36. The zero-order chi connectivity index (χ0) is 21.9. The van der Waals surface area contributed by atoms with Gasteiger partial charge in [-0.2, -0.15) is 0 Å². The molecule has 0 saturated carbocycles. The van der Waals surface area contributed by atoms with Crippen LogP contribution >= 0.6 is 7.92 Å². The first-order chi connectivity index (χ1) is 14.9. The first-order valence-corrected chi connectivity index (χ1v) is 10.6. The van der Waals surface area contributed by atoms with Gasteiger partial charge < -0.3 is 0 Å². The van der Waals surface area contributed by atoms with Crippen LogP contribution in [0, 0.1) is 13.3 Å². The predicted octanol–water partition coefficient (Wildman–Crippen LogP) is 5.43. The average Bonchev–Trinajstić information content (AvgIpc) is 3.18. The number of benzene rings is 3. The van der Waals surface area contributed by atoms with E-state index in [1.165, 1.54) is 15.9 Å². The molecule has 0 radical (unpaired) electrons. The fraction of sp³-hybridized carbons (Fsp3) is 0.0370. The molecule has 1 aliphatic rings. The van der Waals surface area contributed by atoms with Crippen molar-refractivity contribution in [3.05, 3.63) is 141 Å². The van der Waals surface area contributed by atoms with Crippen LogP contribution < -0.4 is 15.9 Å². The Morgan fingerprint density at radius 3 is 1.06 bits per heavy atom. The fourth-order valence-electron chi connectivity index (χ4n) is 2.70. The minimum atomic E-state index is -0.446. The van der Waals surface area contributed by atoms with Gasteiger partial charge in [0.2, 0.25) is 0 Å². The molecule has 0 saturated heterocycles. The molecule has 0 fully saturated rings. The minimum absolute atomic E-state index is 0. The van der Waals surface area contributed by atoms with Crippen LogP contribution in [0.2, 0.25) is 0 Å². The summed E-state index contributed by atoms with van der Waals surface area (Å²) in [4.78, 5) is 0. The topological polar surface area (TPSA) is 39.8 Å². The molecule has 1 aliphatic carbocycles. The first kappa shape index (κ1) is 28.5. The van der Waals surface area contributed by atoms with Gasteiger partial charge in [0.25, 0.3) is 0 Å². The van der Waals surface area contributed by atoms with Gasteiger partial charge in [-0.05, 0) is 30.3 Å². The van der Waals surface area contributed by atoms with Crippen molar-refractivity contribution in [2.75, 3.05) is 0 Å². The van der Waals surface area contributed by atoms with Crippen LogP contribution in [-0.2, 0) is 30.4 Å². The van der Waals surface area contributed by atoms with Crippen LogP contribution in [0.3, 0.4) is 0 Å². The third kappa shape index (κ3) is 10.9. The summed E-state index contributed by atoms with van der Waals surface area (Å²) in [6.45, 7) is 9.00. The van der Waals surface area contributed by atoms with Crippen molar-refractivity contribution in [1.29, 1.82) is 0 Å². The third-order valence-electron chi connectivity index (χ3n) is 3.92. The van der Waals surface area contributed by atoms with Crippen LogP contribution in [0.5, 0.6) is 0 Å². The molecule has 0 atom stereocenters. The van der Waals surface area contributed by atoms with Crippen LogP contribution in [0.25, 0.3) is 0 Å². The number of hydrogen-bond acceptors (Lipinski definition) is 0. The van der Waals surface area contributed by atoms with E-state index in [-0.39, 0.29) is 21.1 Å². The van der Waals surface area contributed by atoms with Gasteiger partial charge >= 0.3 is 22.6 Å². The number of allylic oxidation sites excluding steroid dienone is 6. The van der Waals surface area contributed by atoms with Gasteiger partial charge in [-0.15, -0.1) is 0 Å². The van der Waals surface area contributed by atoms with E-state index in [1.807, 2.05) is 12.2 Å². The van der Waals surface area contributed by atoms with Crippen molar-refractivity contribution >= 4 is 23.8 Å². The zero-order valence-corrected chi connectivity index (χ0v) is 19.9. The SMILES string of the molecule is C1=CC=CCC=C1.[C-]#[O+].[C-]#[O+].[Mo].c1ccc(P(c2ccccc2)c2ccccc2)cc1. The molecule has 3 aromatic rings. The molecule has 0 amide bonds. The number of rotatable bonds is 3. The van der Waals surface area contributed by atoms with E-state index in [2.05, 4.69) is 129 Å². The quantitative estimate of drug-likeness (QED) is 0.197. The summed E-state index contributed by atoms with van der Waals surface area (Å²) in [6.07, 6.45) is 13.5. The Morgan fingerprint density at radius 1 is 0.484 bits per heavy atom. The first-order valence-electron chi connectivity index (χ1n) is 9.29. The Balaban J connectivity index is 0.000000633. The summed E-state index contributed by atoms with van der Waals surface area (Å²) in [6, 6.07) is 32.3. The molecular formula is C27H23MoO2P. The Bertz CT molecular complexity index is 833. The van der Waals surface area contributed by atoms with E-state index in [9.17, 15) is 0 Å². The summed E-state index contributed by atoms with van der Waals surface area (Å²) in [5, 5.41) is 4.19. The molecule has 0 heterocycles. The number of hydrogen-bond donors (Lipinski definition) is 0. The van der Waals surface area contributed by atoms with Crippen LogP contribution in [0.15, 0.2) is 127 Å². The van der Waals surface area contributed by atoms with Gasteiger partial charge in [-0.1, -0.05) is 127 Å². The van der Waals surface area contributed by atoms with Gasteiger partial charge in [0.15, 0.2) is 0 Å². The van der Waals surface area contributed by atoms with E-state index in [1.54, 1.807) is 0 Å². The second-order valence-electron chi connectivity index (χ2n) is 5.82. The van der Waals surface area contributed by atoms with E-state index < -0.39 is 7.92 Å². The molecule has 0 aliphatic heterocycles. The summed E-state index contributed by atoms with van der Waals surface area (Å²) >= 11 is 0. The largest absolute Gasteiger partial charge is 0.0622 e. The van der Waals surface area contributed by atoms with Crippen molar-refractivity contribution in [3.63, 3.8) is 0 Å². The Morgan fingerprint density at radius 2 is 0.774 bits per heavy atom. The molecule has 0 spiro atoms. The average molecular weight is 506 g/mol. The minimum Gasteiger partial charge on any atom is -0.0622 e. The summed E-state index contributed by atoms with van der Waals surface area (Å²) < 4.78 is 15.0. The molecule has 0 N–H and O–H groups in total. The molecule has 2 nitrogen and oxygen atoms in total. The maximum absolute atomic E-state index is 7.50. The maximum atomic E-state index is 7.50. The monoisotopic (exact) mass is 508 g/mol. The molecule has 4 rings (SSSR count). The van der Waals surface area contributed by atoms with Gasteiger partial charge in [-0.3, -0.25) is 0 Å². The van der Waals surface area contributed by atoms with Crippen molar-refractivity contribution in [2.45, 2.75) is 6.42 Å². The second-order valence-corrected chi connectivity index (χ2v) is 8.04. The van der Waals surface area contributed by atoms with Crippen LogP contribution in [0.1, 0.15) is 6.42 Å². The maximum Gasteiger partial charge on any atom is 0 e. The molecule has 154 valence electrons. The normalized spacial score (nSPS) is 10.5. The standard InChI is InChI=1S/C18H15P.C7H8.2CO.Mo/c1-4-10-16(11-5-1)19(17-12-6-2-7-13-17)18-14-8-3-9-15-18;1-2-4-6-7-5-3-1;2*1-2;/h1-15H;1-6H,7H2;;;. The Labute approximate surface area is 200 Å². The van der Waals surface area contributed by atoms with Crippen LogP contribution in [0.4, 0.5) is 0 Å². The van der Waals surface area contributed by atoms with E-state index in [4.69, 9.17) is 9.30 Å². The summed E-state index contributed by atoms with van der Waals surface area (Å²) in [7, 11) is -0.446. The molecule has 4 heteroatoms. The molecule has 3 aromatic carbocycles. The molecule has 0 unspecified atom stereocenters. The molecule has 31 heavy (non-hydrogen) atoms. The van der Waals surface area contributed by atoms with E-state index in [0.29, 0.717) is 0 Å². The molecular weight excluding hydrogens is 483 g/mol. The van der Waals surface area contributed by atoms with Gasteiger partial charge in [0.1, 0.15) is 0 Å². The Hall–Kier alpha value is -2.52. The van der Waals surface area contributed by atoms with E-state index >= 15 is 0 Å². The zero-order valence-electron chi connectivity index (χ0n) is 17.0. The van der Waals surface area contributed by atoms with Crippen molar-refractivity contribution in [1.82, 2.24) is 0 Å². The van der Waals surface area contributed by atoms with Crippen LogP contribution in [-0.4, -0.2) is 0 Å². The predicted molar refractivity (Wildman–Crippen MR) is 125 cm³/mol. The van der Waals surface area contributed by atoms with Crippen molar-refractivity contribution in [2.24, 2.45) is 0 Å². The fourth-order valence-corrected chi connectivity index (χ4v) is 5.00. The summed E-state index contributed by atoms with van der Waals surface area (Å²) in [5.74, 6) is 0. The van der Waals surface area contributed by atoms with Crippen molar-refractivity contribution < 1.29 is 30.4 Å².